The third-order valence-corrected chi connectivity index (χ3v) is 12.8. The van der Waals surface area contributed by atoms with E-state index in [1.165, 1.54) is 51.4 Å². The summed E-state index contributed by atoms with van der Waals surface area (Å²) < 4.78 is 33.2. The van der Waals surface area contributed by atoms with Gasteiger partial charge in [-0.1, -0.05) is 103 Å². The van der Waals surface area contributed by atoms with E-state index in [1.807, 2.05) is 27.7 Å². The average molecular weight is 935 g/mol. The van der Waals surface area contributed by atoms with E-state index in [0.29, 0.717) is 89.4 Å². The number of unbranched alkanes of at least 4 members (excludes halogenated alkanes) is 10. The second kappa shape index (κ2) is 41.5. The predicted molar refractivity (Wildman–Crippen MR) is 265 cm³/mol. The van der Waals surface area contributed by atoms with Crippen LogP contribution in [0, 0.1) is 35.5 Å². The summed E-state index contributed by atoms with van der Waals surface area (Å²) in [5.41, 5.74) is 0. The molecule has 2 fully saturated rings. The van der Waals surface area contributed by atoms with Gasteiger partial charge in [-0.3, -0.25) is 19.2 Å². The molecule has 0 aromatic heterocycles. The number of allylic oxidation sites excluding steroid dienone is 4. The van der Waals surface area contributed by atoms with Crippen molar-refractivity contribution in [3.63, 3.8) is 0 Å². The largest absolute Gasteiger partial charge is 0.463 e. The summed E-state index contributed by atoms with van der Waals surface area (Å²) in [4.78, 5) is 48.3. The number of rotatable bonds is 40. The highest BCUT2D eigenvalue weighted by molar-refractivity contribution is 5.84. The van der Waals surface area contributed by atoms with Gasteiger partial charge in [-0.15, -0.1) is 0 Å². The minimum absolute atomic E-state index is 0.0321. The molecule has 0 saturated heterocycles. The second-order valence-electron chi connectivity index (χ2n) is 19.1. The number of carbonyl (C=O) groups is 4. The Balaban J connectivity index is 0.000000660. The maximum atomic E-state index is 12.6. The first-order valence-electron chi connectivity index (χ1n) is 26.6. The Hall–Kier alpha value is -2.44. The lowest BCUT2D eigenvalue weighted by Crippen LogP contribution is -2.21. The molecular weight excluding hydrogens is 837 g/mol. The topological polar surface area (TPSA) is 144 Å². The van der Waals surface area contributed by atoms with Crippen LogP contribution in [0.2, 0.25) is 0 Å². The number of esters is 2. The van der Waals surface area contributed by atoms with Crippen LogP contribution in [0.3, 0.4) is 0 Å². The summed E-state index contributed by atoms with van der Waals surface area (Å²) in [6, 6.07) is 0. The molecule has 0 spiro atoms. The summed E-state index contributed by atoms with van der Waals surface area (Å²) in [7, 11) is 0. The fraction of sp³-hybridized carbons (Fsp3) is 0.855. The molecule has 0 amide bonds. The van der Waals surface area contributed by atoms with Crippen LogP contribution in [0.5, 0.6) is 0 Å². The molecule has 384 valence electrons. The number of aliphatic hydroxyl groups is 1. The highest BCUT2D eigenvalue weighted by Gasteiger charge is 2.41. The monoisotopic (exact) mass is 935 g/mol. The lowest BCUT2D eigenvalue weighted by molar-refractivity contribution is -0.148. The quantitative estimate of drug-likeness (QED) is 0.0356. The van der Waals surface area contributed by atoms with Gasteiger partial charge in [-0.05, 0) is 116 Å². The Morgan fingerprint density at radius 3 is 1.32 bits per heavy atom. The second-order valence-corrected chi connectivity index (χ2v) is 19.1. The van der Waals surface area contributed by atoms with Crippen LogP contribution in [-0.2, 0) is 47.6 Å². The Bertz CT molecular complexity index is 1180. The van der Waals surface area contributed by atoms with Crippen molar-refractivity contribution in [1.82, 2.24) is 0 Å². The van der Waals surface area contributed by atoms with Gasteiger partial charge < -0.3 is 33.5 Å². The summed E-state index contributed by atoms with van der Waals surface area (Å²) in [6.07, 6.45) is 30.2. The lowest BCUT2D eigenvalue weighted by atomic mass is 9.83. The smallest absolute Gasteiger partial charge is 0.306 e. The molecule has 0 unspecified atom stereocenters. The third-order valence-electron chi connectivity index (χ3n) is 12.8. The Morgan fingerprint density at radius 2 is 0.924 bits per heavy atom. The molecule has 0 aliphatic heterocycles. The molecule has 0 heterocycles. The maximum absolute atomic E-state index is 12.6. The first kappa shape index (κ1) is 61.6. The zero-order valence-electron chi connectivity index (χ0n) is 43.1. The van der Waals surface area contributed by atoms with Gasteiger partial charge in [0.05, 0.1) is 38.6 Å². The van der Waals surface area contributed by atoms with Crippen LogP contribution >= 0.6 is 0 Å². The number of aliphatic hydroxyl groups excluding tert-OH is 1. The van der Waals surface area contributed by atoms with Gasteiger partial charge in [0.25, 0.3) is 0 Å². The highest BCUT2D eigenvalue weighted by Crippen LogP contribution is 2.41. The summed E-state index contributed by atoms with van der Waals surface area (Å²) in [5.74, 6) is 1.50. The van der Waals surface area contributed by atoms with Crippen LogP contribution in [0.25, 0.3) is 0 Å². The summed E-state index contributed by atoms with van der Waals surface area (Å²) in [6.45, 7) is 19.5. The van der Waals surface area contributed by atoms with Crippen molar-refractivity contribution < 1.29 is 52.7 Å². The Morgan fingerprint density at radius 1 is 0.530 bits per heavy atom. The predicted octanol–water partition coefficient (Wildman–Crippen LogP) is 11.9. The van der Waals surface area contributed by atoms with Crippen molar-refractivity contribution >= 4 is 23.5 Å². The molecule has 6 atom stereocenters. The molecule has 0 aromatic carbocycles. The molecule has 0 radical (unpaired) electrons. The van der Waals surface area contributed by atoms with Crippen LogP contribution in [0.15, 0.2) is 24.3 Å². The maximum Gasteiger partial charge on any atom is 0.306 e. The van der Waals surface area contributed by atoms with E-state index >= 15 is 0 Å². The number of ether oxygens (including phenoxy) is 6. The van der Waals surface area contributed by atoms with Crippen LogP contribution in [-0.4, -0.2) is 100 Å². The van der Waals surface area contributed by atoms with E-state index in [2.05, 4.69) is 45.1 Å². The minimum atomic E-state index is -0.160. The van der Waals surface area contributed by atoms with Gasteiger partial charge in [0.15, 0.2) is 0 Å². The van der Waals surface area contributed by atoms with Gasteiger partial charge in [-0.25, -0.2) is 0 Å². The van der Waals surface area contributed by atoms with Crippen molar-refractivity contribution in [2.24, 2.45) is 35.5 Å². The van der Waals surface area contributed by atoms with E-state index in [9.17, 15) is 24.3 Å². The number of hydrogen-bond donors (Lipinski definition) is 1. The number of hydrogen-bond acceptors (Lipinski definition) is 11. The molecular formula is C55H98O11. The van der Waals surface area contributed by atoms with Crippen LogP contribution in [0.1, 0.15) is 196 Å². The molecule has 2 aliphatic carbocycles. The molecule has 1 N–H and O–H groups in total. The SMILES string of the molecule is CCCCCCCOCCOCC[C@H]1[C@H](CC)CC(=O)[C@@H]1CC=CCCCC(=O)OC(C)C.CCCCCCCOCCOCC[C@H]1[C@H](CO)CC(=O)[C@@H]1CC=CCCCC(=O)OC(C)C. The summed E-state index contributed by atoms with van der Waals surface area (Å²) >= 11 is 0. The van der Waals surface area contributed by atoms with Crippen molar-refractivity contribution in [3.05, 3.63) is 24.3 Å². The van der Waals surface area contributed by atoms with Gasteiger partial charge in [0, 0.05) is 70.6 Å². The van der Waals surface area contributed by atoms with E-state index in [0.717, 1.165) is 77.4 Å². The first-order valence-corrected chi connectivity index (χ1v) is 26.6. The molecule has 2 saturated carbocycles. The highest BCUT2D eigenvalue weighted by atomic mass is 16.5. The first-order chi connectivity index (χ1) is 32.0. The average Bonchev–Trinajstić information content (AvgIpc) is 3.76. The summed E-state index contributed by atoms with van der Waals surface area (Å²) in [5, 5.41) is 9.73. The number of ketones is 2. The fourth-order valence-electron chi connectivity index (χ4n) is 9.18. The Labute approximate surface area is 402 Å². The van der Waals surface area contributed by atoms with E-state index in [-0.39, 0.29) is 60.2 Å². The van der Waals surface area contributed by atoms with Crippen molar-refractivity contribution in [2.45, 2.75) is 208 Å². The van der Waals surface area contributed by atoms with E-state index in [4.69, 9.17) is 28.4 Å². The molecule has 11 nitrogen and oxygen atoms in total. The normalized spacial score (nSPS) is 20.9. The fourth-order valence-corrected chi connectivity index (χ4v) is 9.18. The molecule has 66 heavy (non-hydrogen) atoms. The molecule has 2 rings (SSSR count). The van der Waals surface area contributed by atoms with Gasteiger partial charge in [0.1, 0.15) is 11.6 Å². The van der Waals surface area contributed by atoms with Crippen LogP contribution < -0.4 is 0 Å². The van der Waals surface area contributed by atoms with Crippen molar-refractivity contribution in [3.8, 4) is 0 Å². The van der Waals surface area contributed by atoms with Gasteiger partial charge >= 0.3 is 11.9 Å². The van der Waals surface area contributed by atoms with Crippen molar-refractivity contribution in [1.29, 1.82) is 0 Å². The number of Topliss-reactive ketones (excluding diaryl/α,β-unsaturated/α-hetero) is 2. The van der Waals surface area contributed by atoms with E-state index in [1.54, 1.807) is 0 Å². The standard InChI is InChI=1S/C28H50O5.C27H48O6/c1-5-7-8-11-14-18-31-20-21-32-19-17-25-24(6-2)22-27(29)26(25)15-12-9-10-13-16-28(30)33-23(3)4;1-4-5-6-9-12-16-31-18-19-32-17-15-24-23(21-28)20-26(29)25(24)13-10-7-8-11-14-27(30)33-22(2)3/h9,12,23-26H,5-8,10-11,13-22H2,1-4H3;7,10,22-25,28H,4-6,8-9,11-21H2,1-3H3/t24-,25+,26-;23-,24-,25+/m10/s1. The molecule has 0 bridgehead atoms. The van der Waals surface area contributed by atoms with Crippen molar-refractivity contribution in [2.75, 3.05) is 59.5 Å². The molecule has 0 aromatic rings. The Kier molecular flexibility index (Phi) is 38.7. The van der Waals surface area contributed by atoms with E-state index < -0.39 is 0 Å². The lowest BCUT2D eigenvalue weighted by Gasteiger charge is -2.22. The molecule has 2 aliphatic rings. The zero-order valence-corrected chi connectivity index (χ0v) is 43.1. The van der Waals surface area contributed by atoms with Gasteiger partial charge in [-0.2, -0.15) is 0 Å². The zero-order chi connectivity index (χ0) is 48.6. The van der Waals surface area contributed by atoms with Crippen LogP contribution in [0.4, 0.5) is 0 Å². The van der Waals surface area contributed by atoms with Gasteiger partial charge in [0.2, 0.25) is 0 Å². The number of carbonyl (C=O) groups excluding carboxylic acids is 4. The molecule has 11 heteroatoms. The minimum Gasteiger partial charge on any atom is -0.463 e. The third kappa shape index (κ3) is 30.8.